The highest BCUT2D eigenvalue weighted by molar-refractivity contribution is 6.30. The van der Waals surface area contributed by atoms with Gasteiger partial charge in [0, 0.05) is 17.9 Å². The second kappa shape index (κ2) is 5.01. The summed E-state index contributed by atoms with van der Waals surface area (Å²) in [5.41, 5.74) is 2.18. The summed E-state index contributed by atoms with van der Waals surface area (Å²) in [5.74, 6) is 0.272. The summed E-state index contributed by atoms with van der Waals surface area (Å²) in [7, 11) is 0. The van der Waals surface area contributed by atoms with Crippen molar-refractivity contribution in [3.05, 3.63) is 34.3 Å². The van der Waals surface area contributed by atoms with Crippen molar-refractivity contribution in [1.82, 2.24) is 0 Å². The van der Waals surface area contributed by atoms with E-state index in [0.717, 1.165) is 11.1 Å². The van der Waals surface area contributed by atoms with Gasteiger partial charge in [0.05, 0.1) is 0 Å². The first kappa shape index (κ1) is 13.2. The minimum Gasteiger partial charge on any atom is -0.299 e. The molecule has 0 amide bonds. The maximum absolute atomic E-state index is 11.8. The van der Waals surface area contributed by atoms with Crippen LogP contribution < -0.4 is 0 Å². The number of Topliss-reactive ketones (excluding diaryl/α,β-unsaturated/α-hetero) is 1. The van der Waals surface area contributed by atoms with Crippen LogP contribution in [0.25, 0.3) is 0 Å². The number of aryl methyl sites for hydroxylation is 1. The molecule has 0 spiro atoms. The lowest BCUT2D eigenvalue weighted by Gasteiger charge is -2.16. The Morgan fingerprint density at radius 2 is 1.88 bits per heavy atom. The Morgan fingerprint density at radius 1 is 1.25 bits per heavy atom. The highest BCUT2D eigenvalue weighted by Gasteiger charge is 2.16. The molecule has 0 N–H and O–H groups in total. The van der Waals surface area contributed by atoms with E-state index in [1.807, 2.05) is 25.1 Å². The fraction of sp³-hybridized carbons (Fsp3) is 0.500. The third-order valence-corrected chi connectivity index (χ3v) is 2.45. The minimum atomic E-state index is 0.0602. The van der Waals surface area contributed by atoms with E-state index < -0.39 is 0 Å². The molecule has 0 aromatic heterocycles. The molecule has 0 atom stereocenters. The van der Waals surface area contributed by atoms with Gasteiger partial charge in [-0.2, -0.15) is 0 Å². The third-order valence-electron chi connectivity index (χ3n) is 2.23. The molecule has 0 unspecified atom stereocenters. The van der Waals surface area contributed by atoms with Crippen molar-refractivity contribution in [3.8, 4) is 0 Å². The number of halogens is 1. The van der Waals surface area contributed by atoms with E-state index in [9.17, 15) is 4.79 Å². The molecule has 1 aromatic rings. The molecule has 1 nitrogen and oxygen atoms in total. The van der Waals surface area contributed by atoms with E-state index in [1.165, 1.54) is 0 Å². The molecular weight excluding hydrogens is 220 g/mol. The normalized spacial score (nSPS) is 11.6. The molecule has 0 aliphatic carbocycles. The molecule has 2 heteroatoms. The summed E-state index contributed by atoms with van der Waals surface area (Å²) in [6, 6.07) is 5.79. The lowest BCUT2D eigenvalue weighted by molar-refractivity contribution is -0.120. The summed E-state index contributed by atoms with van der Waals surface area (Å²) in [6.45, 7) is 8.22. The van der Waals surface area contributed by atoms with Crippen LogP contribution in [-0.4, -0.2) is 5.78 Å². The van der Waals surface area contributed by atoms with Gasteiger partial charge in [-0.25, -0.2) is 0 Å². The Morgan fingerprint density at radius 3 is 2.38 bits per heavy atom. The Hall–Kier alpha value is -0.820. The summed E-state index contributed by atoms with van der Waals surface area (Å²) < 4.78 is 0. The fourth-order valence-corrected chi connectivity index (χ4v) is 2.11. The molecule has 0 bridgehead atoms. The van der Waals surface area contributed by atoms with Gasteiger partial charge in [-0.1, -0.05) is 38.4 Å². The molecule has 0 radical (unpaired) electrons. The van der Waals surface area contributed by atoms with Crippen LogP contribution in [0.5, 0.6) is 0 Å². The Balaban J connectivity index is 2.70. The Kier molecular flexibility index (Phi) is 4.15. The van der Waals surface area contributed by atoms with Crippen molar-refractivity contribution in [1.29, 1.82) is 0 Å². The second-order valence-electron chi connectivity index (χ2n) is 5.59. The Labute approximate surface area is 103 Å². The molecule has 0 aliphatic heterocycles. The first-order valence-electron chi connectivity index (χ1n) is 5.54. The zero-order valence-electron chi connectivity index (χ0n) is 10.4. The number of ketones is 1. The SMILES string of the molecule is Cc1cc(Cl)cc(CC(=O)CC(C)(C)C)c1. The zero-order valence-corrected chi connectivity index (χ0v) is 11.2. The molecule has 1 rings (SSSR count). The average Bonchev–Trinajstić information content (AvgIpc) is 1.96. The quantitative estimate of drug-likeness (QED) is 0.772. The lowest BCUT2D eigenvalue weighted by atomic mass is 9.88. The van der Waals surface area contributed by atoms with Crippen LogP contribution in [0.3, 0.4) is 0 Å². The molecule has 0 heterocycles. The predicted octanol–water partition coefficient (Wildman–Crippen LogP) is 4.20. The van der Waals surface area contributed by atoms with Crippen molar-refractivity contribution in [2.75, 3.05) is 0 Å². The van der Waals surface area contributed by atoms with Gasteiger partial charge in [0.25, 0.3) is 0 Å². The van der Waals surface area contributed by atoms with Gasteiger partial charge in [-0.3, -0.25) is 4.79 Å². The van der Waals surface area contributed by atoms with Crippen molar-refractivity contribution >= 4 is 17.4 Å². The summed E-state index contributed by atoms with van der Waals surface area (Å²) in [4.78, 5) is 11.8. The number of carbonyl (C=O) groups is 1. The summed E-state index contributed by atoms with van der Waals surface area (Å²) >= 11 is 5.96. The number of carbonyl (C=O) groups excluding carboxylic acids is 1. The maximum Gasteiger partial charge on any atom is 0.137 e. The van der Waals surface area contributed by atoms with Crippen LogP contribution >= 0.6 is 11.6 Å². The second-order valence-corrected chi connectivity index (χ2v) is 6.03. The number of hydrogen-bond donors (Lipinski definition) is 0. The minimum absolute atomic E-state index is 0.0602. The molecule has 0 fully saturated rings. The first-order chi connectivity index (χ1) is 7.26. The van der Waals surface area contributed by atoms with Crippen LogP contribution in [0.2, 0.25) is 5.02 Å². The van der Waals surface area contributed by atoms with Gasteiger partial charge in [-0.15, -0.1) is 0 Å². The molecular formula is C14H19ClO. The molecule has 88 valence electrons. The van der Waals surface area contributed by atoms with E-state index in [1.54, 1.807) is 0 Å². The summed E-state index contributed by atoms with van der Waals surface area (Å²) in [6.07, 6.45) is 1.09. The highest BCUT2D eigenvalue weighted by atomic mass is 35.5. The van der Waals surface area contributed by atoms with Gasteiger partial charge in [0.2, 0.25) is 0 Å². The molecule has 0 saturated heterocycles. The highest BCUT2D eigenvalue weighted by Crippen LogP contribution is 2.21. The van der Waals surface area contributed by atoms with Gasteiger partial charge < -0.3 is 0 Å². The van der Waals surface area contributed by atoms with Crippen molar-refractivity contribution in [3.63, 3.8) is 0 Å². The van der Waals surface area contributed by atoms with Crippen LogP contribution in [0, 0.1) is 12.3 Å². The molecule has 16 heavy (non-hydrogen) atoms. The van der Waals surface area contributed by atoms with Gasteiger partial charge in [0.15, 0.2) is 0 Å². The van der Waals surface area contributed by atoms with Gasteiger partial charge in [0.1, 0.15) is 5.78 Å². The number of benzene rings is 1. The van der Waals surface area contributed by atoms with E-state index >= 15 is 0 Å². The van der Waals surface area contributed by atoms with E-state index in [0.29, 0.717) is 17.9 Å². The van der Waals surface area contributed by atoms with Gasteiger partial charge >= 0.3 is 0 Å². The largest absolute Gasteiger partial charge is 0.299 e. The smallest absolute Gasteiger partial charge is 0.137 e. The van der Waals surface area contributed by atoms with Crippen LogP contribution in [0.1, 0.15) is 38.3 Å². The average molecular weight is 239 g/mol. The van der Waals surface area contributed by atoms with Gasteiger partial charge in [-0.05, 0) is 35.6 Å². The monoisotopic (exact) mass is 238 g/mol. The van der Waals surface area contributed by atoms with E-state index in [4.69, 9.17) is 11.6 Å². The Bertz CT molecular complexity index is 368. The van der Waals surface area contributed by atoms with Crippen molar-refractivity contribution in [2.45, 2.75) is 40.5 Å². The fourth-order valence-electron chi connectivity index (χ4n) is 1.80. The summed E-state index contributed by atoms with van der Waals surface area (Å²) in [5, 5.41) is 0.707. The van der Waals surface area contributed by atoms with E-state index in [2.05, 4.69) is 20.8 Å². The zero-order chi connectivity index (χ0) is 12.3. The molecule has 0 saturated carbocycles. The van der Waals surface area contributed by atoms with E-state index in [-0.39, 0.29) is 11.2 Å². The van der Waals surface area contributed by atoms with Crippen molar-refractivity contribution in [2.24, 2.45) is 5.41 Å². The molecule has 0 aliphatic rings. The van der Waals surface area contributed by atoms with Crippen LogP contribution in [-0.2, 0) is 11.2 Å². The van der Waals surface area contributed by atoms with Crippen LogP contribution in [0.15, 0.2) is 18.2 Å². The maximum atomic E-state index is 11.8. The number of rotatable bonds is 3. The first-order valence-corrected chi connectivity index (χ1v) is 5.92. The lowest BCUT2D eigenvalue weighted by Crippen LogP contribution is -2.14. The topological polar surface area (TPSA) is 17.1 Å². The molecule has 1 aromatic carbocycles. The standard InChI is InChI=1S/C14H19ClO/c1-10-5-11(7-12(15)6-10)8-13(16)9-14(2,3)4/h5-7H,8-9H2,1-4H3. The predicted molar refractivity (Wildman–Crippen MR) is 69.0 cm³/mol. The van der Waals surface area contributed by atoms with Crippen molar-refractivity contribution < 1.29 is 4.79 Å². The van der Waals surface area contributed by atoms with Crippen LogP contribution in [0.4, 0.5) is 0 Å². The third kappa shape index (κ3) is 4.80. The number of hydrogen-bond acceptors (Lipinski definition) is 1.